The van der Waals surface area contributed by atoms with Crippen molar-refractivity contribution in [1.29, 1.82) is 0 Å². The van der Waals surface area contributed by atoms with Crippen molar-refractivity contribution < 1.29 is 9.90 Å². The van der Waals surface area contributed by atoms with Crippen molar-refractivity contribution in [2.75, 3.05) is 0 Å². The Bertz CT molecular complexity index is 275. The molecule has 0 saturated carbocycles. The maximum absolute atomic E-state index is 11.4. The van der Waals surface area contributed by atoms with Gasteiger partial charge in [-0.25, -0.2) is 0 Å². The number of rotatable bonds is 18. The highest BCUT2D eigenvalue weighted by Gasteiger charge is 2.17. The second kappa shape index (κ2) is 17.3. The average molecular weight is 340 g/mol. The van der Waals surface area contributed by atoms with Gasteiger partial charge in [0.1, 0.15) is 0 Å². The van der Waals surface area contributed by atoms with Crippen molar-refractivity contribution >= 4 is 5.97 Å². The van der Waals surface area contributed by atoms with Crippen molar-refractivity contribution in [3.8, 4) is 0 Å². The third-order valence-electron chi connectivity index (χ3n) is 5.37. The first-order valence-electron chi connectivity index (χ1n) is 10.8. The van der Waals surface area contributed by atoms with Crippen LogP contribution in [0.25, 0.3) is 0 Å². The summed E-state index contributed by atoms with van der Waals surface area (Å²) in [6.45, 7) is 6.55. The van der Waals surface area contributed by atoms with Crippen LogP contribution in [0.2, 0.25) is 0 Å². The molecule has 0 fully saturated rings. The molecule has 2 unspecified atom stereocenters. The van der Waals surface area contributed by atoms with Gasteiger partial charge in [-0.3, -0.25) is 0 Å². The lowest BCUT2D eigenvalue weighted by Crippen LogP contribution is -2.35. The molecule has 0 rings (SSSR count). The molecule has 0 N–H and O–H groups in total. The SMILES string of the molecule is CCCCCCCCCCCCC(C)C(CCCCCC)C(=O)[O-]. The number of carbonyl (C=O) groups is 1. The number of carboxylic acids is 1. The van der Waals surface area contributed by atoms with Gasteiger partial charge in [-0.1, -0.05) is 117 Å². The van der Waals surface area contributed by atoms with Gasteiger partial charge < -0.3 is 9.90 Å². The molecule has 0 saturated heterocycles. The highest BCUT2D eigenvalue weighted by molar-refractivity contribution is 5.67. The van der Waals surface area contributed by atoms with Gasteiger partial charge in [-0.2, -0.15) is 0 Å². The number of unbranched alkanes of at least 4 members (excludes halogenated alkanes) is 12. The van der Waals surface area contributed by atoms with E-state index >= 15 is 0 Å². The van der Waals surface area contributed by atoms with E-state index in [2.05, 4.69) is 20.8 Å². The highest BCUT2D eigenvalue weighted by atomic mass is 16.4. The van der Waals surface area contributed by atoms with E-state index in [-0.39, 0.29) is 11.8 Å². The third kappa shape index (κ3) is 13.9. The van der Waals surface area contributed by atoms with Crippen LogP contribution in [0.3, 0.4) is 0 Å². The molecule has 0 aliphatic carbocycles. The van der Waals surface area contributed by atoms with Crippen molar-refractivity contribution in [2.45, 2.75) is 124 Å². The molecule has 0 aliphatic heterocycles. The first-order chi connectivity index (χ1) is 11.6. The largest absolute Gasteiger partial charge is 0.550 e. The summed E-state index contributed by atoms with van der Waals surface area (Å²) in [4.78, 5) is 11.4. The fourth-order valence-corrected chi connectivity index (χ4v) is 3.58. The van der Waals surface area contributed by atoms with Gasteiger partial charge in [-0.15, -0.1) is 0 Å². The Morgan fingerprint density at radius 1 is 0.667 bits per heavy atom. The number of hydrogen-bond acceptors (Lipinski definition) is 2. The van der Waals surface area contributed by atoms with Gasteiger partial charge in [0.2, 0.25) is 0 Å². The first-order valence-corrected chi connectivity index (χ1v) is 10.8. The van der Waals surface area contributed by atoms with Crippen LogP contribution in [-0.2, 0) is 4.79 Å². The molecular weight excluding hydrogens is 296 g/mol. The van der Waals surface area contributed by atoms with Gasteiger partial charge >= 0.3 is 0 Å². The molecule has 0 spiro atoms. The summed E-state index contributed by atoms with van der Waals surface area (Å²) in [5.41, 5.74) is 0. The number of carbonyl (C=O) groups excluding carboxylic acids is 1. The standard InChI is InChI=1S/C22H44O2/c1-4-6-8-10-11-12-13-14-15-16-18-20(3)21(22(23)24)19-17-9-7-5-2/h20-21H,4-19H2,1-3H3,(H,23,24)/p-1. The van der Waals surface area contributed by atoms with Gasteiger partial charge in [0, 0.05) is 11.9 Å². The van der Waals surface area contributed by atoms with Crippen molar-refractivity contribution in [1.82, 2.24) is 0 Å². The minimum absolute atomic E-state index is 0.236. The second-order valence-electron chi connectivity index (χ2n) is 7.72. The van der Waals surface area contributed by atoms with Crippen molar-refractivity contribution in [2.24, 2.45) is 11.8 Å². The predicted octanol–water partition coefficient (Wildman–Crippen LogP) is 6.27. The second-order valence-corrected chi connectivity index (χ2v) is 7.72. The Labute approximate surface area is 151 Å². The van der Waals surface area contributed by atoms with Crippen LogP contribution in [0, 0.1) is 11.8 Å². The van der Waals surface area contributed by atoms with Crippen molar-refractivity contribution in [3.05, 3.63) is 0 Å². The smallest absolute Gasteiger partial charge is 0.0447 e. The molecule has 0 aliphatic rings. The normalized spacial score (nSPS) is 13.8. The summed E-state index contributed by atoms with van der Waals surface area (Å²) in [5.74, 6) is -0.794. The quantitative estimate of drug-likeness (QED) is 0.276. The molecule has 144 valence electrons. The van der Waals surface area contributed by atoms with Crippen LogP contribution in [0.1, 0.15) is 124 Å². The maximum atomic E-state index is 11.4. The molecule has 24 heavy (non-hydrogen) atoms. The fraction of sp³-hybridized carbons (Fsp3) is 0.955. The van der Waals surface area contributed by atoms with Crippen molar-refractivity contribution in [3.63, 3.8) is 0 Å². The Kier molecular flexibility index (Phi) is 16.9. The zero-order chi connectivity index (χ0) is 18.0. The van der Waals surface area contributed by atoms with Gasteiger partial charge in [-0.05, 0) is 12.3 Å². The van der Waals surface area contributed by atoms with E-state index in [1.807, 2.05) is 0 Å². The van der Waals surface area contributed by atoms with Crippen LogP contribution in [0.4, 0.5) is 0 Å². The topological polar surface area (TPSA) is 40.1 Å². The minimum Gasteiger partial charge on any atom is -0.550 e. The fourth-order valence-electron chi connectivity index (χ4n) is 3.58. The highest BCUT2D eigenvalue weighted by Crippen LogP contribution is 2.24. The third-order valence-corrected chi connectivity index (χ3v) is 5.37. The molecule has 0 aromatic carbocycles. The van der Waals surface area contributed by atoms with Crippen LogP contribution in [0.5, 0.6) is 0 Å². The molecule has 0 amide bonds. The maximum Gasteiger partial charge on any atom is 0.0447 e. The molecule has 2 nitrogen and oxygen atoms in total. The zero-order valence-corrected chi connectivity index (χ0v) is 16.8. The summed E-state index contributed by atoms with van der Waals surface area (Å²) in [7, 11) is 0. The predicted molar refractivity (Wildman–Crippen MR) is 103 cm³/mol. The van der Waals surface area contributed by atoms with Gasteiger partial charge in [0.15, 0.2) is 0 Å². The zero-order valence-electron chi connectivity index (χ0n) is 16.8. The molecule has 0 aromatic rings. The van der Waals surface area contributed by atoms with Gasteiger partial charge in [0.05, 0.1) is 0 Å². The van der Waals surface area contributed by atoms with Crippen LogP contribution in [-0.4, -0.2) is 5.97 Å². The molecular formula is C22H43O2-. The van der Waals surface area contributed by atoms with E-state index in [9.17, 15) is 9.90 Å². The lowest BCUT2D eigenvalue weighted by Gasteiger charge is -2.25. The molecule has 0 aromatic heterocycles. The van der Waals surface area contributed by atoms with Gasteiger partial charge in [0.25, 0.3) is 0 Å². The van der Waals surface area contributed by atoms with E-state index in [0.717, 1.165) is 25.7 Å². The summed E-state index contributed by atoms with van der Waals surface area (Å²) in [6.07, 6.45) is 19.8. The summed E-state index contributed by atoms with van der Waals surface area (Å²) in [6, 6.07) is 0. The summed E-state index contributed by atoms with van der Waals surface area (Å²) in [5, 5.41) is 11.4. The van der Waals surface area contributed by atoms with E-state index in [0.29, 0.717) is 0 Å². The Hall–Kier alpha value is -0.530. The molecule has 0 radical (unpaired) electrons. The Morgan fingerprint density at radius 3 is 1.50 bits per heavy atom. The first kappa shape index (κ1) is 23.5. The lowest BCUT2D eigenvalue weighted by molar-refractivity contribution is -0.313. The molecule has 2 atom stereocenters. The van der Waals surface area contributed by atoms with E-state index in [1.54, 1.807) is 0 Å². The van der Waals surface area contributed by atoms with Crippen LogP contribution >= 0.6 is 0 Å². The summed E-state index contributed by atoms with van der Waals surface area (Å²) < 4.78 is 0. The van der Waals surface area contributed by atoms with E-state index < -0.39 is 5.97 Å². The Balaban J connectivity index is 3.62. The molecule has 0 bridgehead atoms. The summed E-state index contributed by atoms with van der Waals surface area (Å²) >= 11 is 0. The number of carboxylic acid groups (broad SMARTS) is 1. The average Bonchev–Trinajstić information content (AvgIpc) is 2.56. The minimum atomic E-state index is -0.828. The van der Waals surface area contributed by atoms with E-state index in [4.69, 9.17) is 0 Å². The number of hydrogen-bond donors (Lipinski definition) is 0. The Morgan fingerprint density at radius 2 is 1.04 bits per heavy atom. The monoisotopic (exact) mass is 339 g/mol. The molecule has 2 heteroatoms. The molecule has 0 heterocycles. The van der Waals surface area contributed by atoms with E-state index in [1.165, 1.54) is 77.0 Å². The number of aliphatic carboxylic acids is 1. The lowest BCUT2D eigenvalue weighted by atomic mass is 9.85. The van der Waals surface area contributed by atoms with Crippen LogP contribution < -0.4 is 5.11 Å². The van der Waals surface area contributed by atoms with Crippen LogP contribution in [0.15, 0.2) is 0 Å².